The zero-order valence-corrected chi connectivity index (χ0v) is 18.3. The molecule has 0 saturated carbocycles. The van der Waals surface area contributed by atoms with Gasteiger partial charge in [0.1, 0.15) is 17.6 Å². The maximum Gasteiger partial charge on any atom is 0.314 e. The number of rotatable bonds is 6. The zero-order chi connectivity index (χ0) is 21.8. The molecule has 7 nitrogen and oxygen atoms in total. The van der Waals surface area contributed by atoms with Crippen molar-refractivity contribution in [2.45, 2.75) is 52.1 Å². The van der Waals surface area contributed by atoms with Crippen LogP contribution in [-0.2, 0) is 25.5 Å². The lowest BCUT2D eigenvalue weighted by atomic mass is 9.76. The maximum atomic E-state index is 13.1. The van der Waals surface area contributed by atoms with Gasteiger partial charge in [-0.1, -0.05) is 29.4 Å². The van der Waals surface area contributed by atoms with E-state index >= 15 is 0 Å². The van der Waals surface area contributed by atoms with E-state index in [0.717, 1.165) is 36.1 Å². The number of likely N-dealkylation sites (tertiary alicyclic amines) is 1. The molecule has 0 aliphatic carbocycles. The third-order valence-electron chi connectivity index (χ3n) is 6.29. The summed E-state index contributed by atoms with van der Waals surface area (Å²) in [6, 6.07) is 9.87. The zero-order valence-electron chi connectivity index (χ0n) is 18.3. The van der Waals surface area contributed by atoms with E-state index in [1.165, 1.54) is 0 Å². The van der Waals surface area contributed by atoms with Gasteiger partial charge in [0.2, 0.25) is 0 Å². The fraction of sp³-hybridized carbons (Fsp3) is 0.542. The van der Waals surface area contributed by atoms with Gasteiger partial charge in [-0.05, 0) is 45.1 Å². The fourth-order valence-corrected chi connectivity index (χ4v) is 4.68. The van der Waals surface area contributed by atoms with E-state index in [-0.39, 0.29) is 11.9 Å². The highest BCUT2D eigenvalue weighted by Gasteiger charge is 2.46. The number of carbonyl (C=O) groups excluding carboxylic acids is 2. The smallest absolute Gasteiger partial charge is 0.314 e. The third-order valence-corrected chi connectivity index (χ3v) is 6.29. The minimum absolute atomic E-state index is 0.0240. The quantitative estimate of drug-likeness (QED) is 0.657. The molecule has 0 unspecified atom stereocenters. The molecule has 2 aliphatic rings. The van der Waals surface area contributed by atoms with E-state index in [9.17, 15) is 9.59 Å². The minimum atomic E-state index is -0.842. The van der Waals surface area contributed by atoms with Crippen LogP contribution in [0.5, 0.6) is 0 Å². The van der Waals surface area contributed by atoms with Gasteiger partial charge in [-0.3, -0.25) is 9.59 Å². The van der Waals surface area contributed by atoms with Gasteiger partial charge in [-0.25, -0.2) is 0 Å². The Morgan fingerprint density at radius 2 is 2.13 bits per heavy atom. The highest BCUT2D eigenvalue weighted by Crippen LogP contribution is 2.37. The number of piperidine rings is 1. The first-order valence-corrected chi connectivity index (χ1v) is 11.1. The molecule has 2 atom stereocenters. The number of benzene rings is 1. The van der Waals surface area contributed by atoms with Crippen molar-refractivity contribution in [2.75, 3.05) is 26.3 Å². The van der Waals surface area contributed by atoms with Gasteiger partial charge < -0.3 is 18.9 Å². The van der Waals surface area contributed by atoms with Crippen molar-refractivity contribution in [3.8, 4) is 11.3 Å². The molecular formula is C24H30N2O5. The van der Waals surface area contributed by atoms with Crippen molar-refractivity contribution in [3.05, 3.63) is 41.7 Å². The predicted octanol–water partition coefficient (Wildman–Crippen LogP) is 3.54. The monoisotopic (exact) mass is 426 g/mol. The molecule has 1 aromatic heterocycles. The Labute approximate surface area is 182 Å². The molecule has 3 heterocycles. The van der Waals surface area contributed by atoms with Crippen LogP contribution in [0.2, 0.25) is 0 Å². The summed E-state index contributed by atoms with van der Waals surface area (Å²) in [6.07, 6.45) is 2.96. The lowest BCUT2D eigenvalue weighted by molar-refractivity contribution is -0.162. The van der Waals surface area contributed by atoms with E-state index in [1.54, 1.807) is 11.8 Å². The SMILES string of the molecule is CCOC(=O)[C@@]1(Cc2cc(-c3ccccc3C)no2)CCCN(C(=O)[C@H]2CCCO2)C1. The predicted molar refractivity (Wildman–Crippen MR) is 114 cm³/mol. The van der Waals surface area contributed by atoms with E-state index < -0.39 is 11.5 Å². The number of ether oxygens (including phenoxy) is 2. The lowest BCUT2D eigenvalue weighted by Crippen LogP contribution is -2.53. The van der Waals surface area contributed by atoms with Crippen molar-refractivity contribution < 1.29 is 23.6 Å². The molecule has 166 valence electrons. The number of aromatic nitrogens is 1. The van der Waals surface area contributed by atoms with Gasteiger partial charge in [0.25, 0.3) is 5.91 Å². The maximum absolute atomic E-state index is 13.1. The molecule has 7 heteroatoms. The molecule has 31 heavy (non-hydrogen) atoms. The summed E-state index contributed by atoms with van der Waals surface area (Å²) in [4.78, 5) is 27.8. The van der Waals surface area contributed by atoms with Crippen molar-refractivity contribution in [2.24, 2.45) is 5.41 Å². The van der Waals surface area contributed by atoms with E-state index in [1.807, 2.05) is 37.3 Å². The molecule has 0 N–H and O–H groups in total. The Kier molecular flexibility index (Phi) is 6.41. The number of carbonyl (C=O) groups is 2. The fourth-order valence-electron chi connectivity index (χ4n) is 4.68. The van der Waals surface area contributed by atoms with Crippen LogP contribution >= 0.6 is 0 Å². The van der Waals surface area contributed by atoms with Crippen LogP contribution in [0.25, 0.3) is 11.3 Å². The van der Waals surface area contributed by atoms with E-state index in [0.29, 0.717) is 44.9 Å². The second-order valence-electron chi connectivity index (χ2n) is 8.54. The van der Waals surface area contributed by atoms with Gasteiger partial charge in [-0.2, -0.15) is 0 Å². The van der Waals surface area contributed by atoms with Crippen LogP contribution in [0.3, 0.4) is 0 Å². The van der Waals surface area contributed by atoms with E-state index in [2.05, 4.69) is 5.16 Å². The Balaban J connectivity index is 1.57. The average molecular weight is 427 g/mol. The number of esters is 1. The molecule has 0 radical (unpaired) electrons. The average Bonchev–Trinajstić information content (AvgIpc) is 3.46. The first-order valence-electron chi connectivity index (χ1n) is 11.1. The van der Waals surface area contributed by atoms with E-state index in [4.69, 9.17) is 14.0 Å². The van der Waals surface area contributed by atoms with Crippen LogP contribution in [0.15, 0.2) is 34.9 Å². The number of hydrogen-bond acceptors (Lipinski definition) is 6. The standard InChI is InChI=1S/C24H30N2O5/c1-3-29-23(28)24(11-7-12-26(16-24)22(27)21-10-6-13-30-21)15-18-14-20(25-31-18)19-9-5-4-8-17(19)2/h4-5,8-9,14,21H,3,6-7,10-13,15-16H2,1-2H3/t21-,24-/m1/s1. The largest absolute Gasteiger partial charge is 0.466 e. The Morgan fingerprint density at radius 3 is 2.87 bits per heavy atom. The summed E-state index contributed by atoms with van der Waals surface area (Å²) < 4.78 is 16.7. The molecule has 1 aromatic carbocycles. The lowest BCUT2D eigenvalue weighted by Gasteiger charge is -2.41. The molecule has 0 bridgehead atoms. The third kappa shape index (κ3) is 4.51. The van der Waals surface area contributed by atoms with Crippen LogP contribution in [-0.4, -0.2) is 54.3 Å². The molecule has 0 spiro atoms. The van der Waals surface area contributed by atoms with Crippen LogP contribution < -0.4 is 0 Å². The summed E-state index contributed by atoms with van der Waals surface area (Å²) in [5.74, 6) is 0.315. The second-order valence-corrected chi connectivity index (χ2v) is 8.54. The first-order chi connectivity index (χ1) is 15.0. The Morgan fingerprint density at radius 1 is 1.29 bits per heavy atom. The minimum Gasteiger partial charge on any atom is -0.466 e. The van der Waals surface area contributed by atoms with Gasteiger partial charge in [-0.15, -0.1) is 0 Å². The second kappa shape index (κ2) is 9.22. The van der Waals surface area contributed by atoms with Gasteiger partial charge in [0, 0.05) is 37.7 Å². The summed E-state index contributed by atoms with van der Waals surface area (Å²) in [5, 5.41) is 4.24. The van der Waals surface area contributed by atoms with Crippen molar-refractivity contribution in [3.63, 3.8) is 0 Å². The van der Waals surface area contributed by atoms with Gasteiger partial charge in [0.05, 0.1) is 12.0 Å². The van der Waals surface area contributed by atoms with Crippen molar-refractivity contribution >= 4 is 11.9 Å². The summed E-state index contributed by atoms with van der Waals surface area (Å²) in [7, 11) is 0. The first kappa shape index (κ1) is 21.6. The summed E-state index contributed by atoms with van der Waals surface area (Å²) in [5.41, 5.74) is 2.01. The highest BCUT2D eigenvalue weighted by atomic mass is 16.5. The van der Waals surface area contributed by atoms with Crippen molar-refractivity contribution in [1.82, 2.24) is 10.1 Å². The number of aryl methyl sites for hydroxylation is 1. The molecule has 2 saturated heterocycles. The number of amides is 1. The Bertz CT molecular complexity index is 934. The molecular weight excluding hydrogens is 396 g/mol. The number of hydrogen-bond donors (Lipinski definition) is 0. The molecule has 2 fully saturated rings. The molecule has 2 aliphatic heterocycles. The molecule has 1 amide bonds. The van der Waals surface area contributed by atoms with Gasteiger partial charge >= 0.3 is 5.97 Å². The topological polar surface area (TPSA) is 81.9 Å². The number of nitrogens with zero attached hydrogens (tertiary/aromatic N) is 2. The van der Waals surface area contributed by atoms with Crippen LogP contribution in [0, 0.1) is 12.3 Å². The molecule has 4 rings (SSSR count). The highest BCUT2D eigenvalue weighted by molar-refractivity contribution is 5.83. The van der Waals surface area contributed by atoms with Crippen LogP contribution in [0.1, 0.15) is 43.9 Å². The molecule has 2 aromatic rings. The van der Waals surface area contributed by atoms with Crippen LogP contribution in [0.4, 0.5) is 0 Å². The van der Waals surface area contributed by atoms with Crippen molar-refractivity contribution in [1.29, 1.82) is 0 Å². The van der Waals surface area contributed by atoms with Gasteiger partial charge in [0.15, 0.2) is 0 Å². The Hall–Kier alpha value is -2.67. The summed E-state index contributed by atoms with van der Waals surface area (Å²) >= 11 is 0. The normalized spacial score (nSPS) is 23.7. The summed E-state index contributed by atoms with van der Waals surface area (Å²) in [6.45, 7) is 5.68.